The van der Waals surface area contributed by atoms with Crippen molar-refractivity contribution < 1.29 is 19.1 Å². The van der Waals surface area contributed by atoms with Crippen molar-refractivity contribution in [3.05, 3.63) is 75.6 Å². The van der Waals surface area contributed by atoms with Gasteiger partial charge in [0, 0.05) is 16.3 Å². The Morgan fingerprint density at radius 1 is 1.03 bits per heavy atom. The van der Waals surface area contributed by atoms with Crippen LogP contribution in [0.1, 0.15) is 41.1 Å². The number of thiophene rings is 1. The van der Waals surface area contributed by atoms with Gasteiger partial charge in [-0.2, -0.15) is 0 Å². The lowest BCUT2D eigenvalue weighted by Crippen LogP contribution is -2.13. The van der Waals surface area contributed by atoms with Gasteiger partial charge in [0.05, 0.1) is 24.5 Å². The zero-order valence-corrected chi connectivity index (χ0v) is 19.4. The number of ether oxygens (including phenoxy) is 2. The molecule has 1 aromatic heterocycles. The van der Waals surface area contributed by atoms with Gasteiger partial charge in [0.2, 0.25) is 0 Å². The maximum absolute atomic E-state index is 12.9. The molecule has 3 aromatic rings. The summed E-state index contributed by atoms with van der Waals surface area (Å²) in [5.74, 6) is 0.540. The quantitative estimate of drug-likeness (QED) is 0.276. The van der Waals surface area contributed by atoms with Crippen LogP contribution in [-0.4, -0.2) is 25.0 Å². The highest BCUT2D eigenvalue weighted by molar-refractivity contribution is 7.17. The number of benzene rings is 2. The Morgan fingerprint density at radius 2 is 1.71 bits per heavy atom. The van der Waals surface area contributed by atoms with E-state index >= 15 is 0 Å². The number of rotatable bonds is 9. The second-order valence-corrected chi connectivity index (χ2v) is 8.95. The summed E-state index contributed by atoms with van der Waals surface area (Å²) in [5, 5.41) is 0.636. The third kappa shape index (κ3) is 6.42. The van der Waals surface area contributed by atoms with Crippen LogP contribution in [0, 0.1) is 0 Å². The number of hydrogen-bond donors (Lipinski definition) is 0. The average molecular weight is 457 g/mol. The normalized spacial score (nSPS) is 10.9. The predicted octanol–water partition coefficient (Wildman–Crippen LogP) is 6.39. The van der Waals surface area contributed by atoms with Gasteiger partial charge in [0.15, 0.2) is 5.78 Å². The molecule has 3 rings (SSSR count). The van der Waals surface area contributed by atoms with Crippen molar-refractivity contribution in [2.24, 2.45) is 0 Å². The Hall–Kier alpha value is -2.63. The molecular formula is C25H25ClO4S. The molecule has 162 valence electrons. The molecule has 0 fully saturated rings. The Labute approximate surface area is 191 Å². The van der Waals surface area contributed by atoms with Gasteiger partial charge in [-0.15, -0.1) is 11.3 Å². The van der Waals surface area contributed by atoms with Crippen LogP contribution in [0.2, 0.25) is 5.02 Å². The first-order chi connectivity index (χ1) is 14.9. The fraction of sp³-hybridized carbons (Fsp3) is 0.280. The molecule has 2 aromatic carbocycles. The molecule has 0 unspecified atom stereocenters. The molecule has 0 saturated carbocycles. The molecule has 0 N–H and O–H groups in total. The maximum atomic E-state index is 12.9. The highest BCUT2D eigenvalue weighted by Crippen LogP contribution is 2.35. The van der Waals surface area contributed by atoms with E-state index in [4.69, 9.17) is 21.1 Å². The number of esters is 1. The Kier molecular flexibility index (Phi) is 7.88. The van der Waals surface area contributed by atoms with Gasteiger partial charge in [-0.1, -0.05) is 35.9 Å². The second kappa shape index (κ2) is 10.6. The molecule has 0 saturated heterocycles. The van der Waals surface area contributed by atoms with E-state index in [1.165, 1.54) is 11.3 Å². The molecule has 4 nitrogen and oxygen atoms in total. The standard InChI is InChI=1S/C25H25ClO4S/c1-16(2)30-24(28)15-19-14-23(31-25(19)18-7-9-20(26)10-8-18)22(27)13-6-17-4-11-21(29-3)12-5-17/h4-5,7-12,14,16H,6,13,15H2,1-3H3. The van der Waals surface area contributed by atoms with E-state index in [-0.39, 0.29) is 24.3 Å². The zero-order chi connectivity index (χ0) is 22.4. The SMILES string of the molecule is COc1ccc(CCC(=O)c2cc(CC(=O)OC(C)C)c(-c3ccc(Cl)cc3)s2)cc1. The molecule has 0 amide bonds. The number of carbonyl (C=O) groups is 2. The summed E-state index contributed by atoms with van der Waals surface area (Å²) in [5.41, 5.74) is 2.80. The van der Waals surface area contributed by atoms with Crippen molar-refractivity contribution in [1.29, 1.82) is 0 Å². The molecular weight excluding hydrogens is 432 g/mol. The van der Waals surface area contributed by atoms with Crippen molar-refractivity contribution >= 4 is 34.7 Å². The van der Waals surface area contributed by atoms with Crippen LogP contribution in [-0.2, 0) is 22.4 Å². The average Bonchev–Trinajstić information content (AvgIpc) is 3.16. The summed E-state index contributed by atoms with van der Waals surface area (Å²) in [6, 6.07) is 16.9. The number of aryl methyl sites for hydroxylation is 1. The Morgan fingerprint density at radius 3 is 2.32 bits per heavy atom. The first-order valence-electron chi connectivity index (χ1n) is 10.1. The van der Waals surface area contributed by atoms with E-state index in [2.05, 4.69) is 0 Å². The molecule has 0 aliphatic carbocycles. The first kappa shape index (κ1) is 23.0. The lowest BCUT2D eigenvalue weighted by Gasteiger charge is -2.08. The smallest absolute Gasteiger partial charge is 0.310 e. The van der Waals surface area contributed by atoms with Gasteiger partial charge in [0.25, 0.3) is 0 Å². The monoisotopic (exact) mass is 456 g/mol. The minimum atomic E-state index is -0.305. The number of halogens is 1. The van der Waals surface area contributed by atoms with Gasteiger partial charge in [0.1, 0.15) is 5.75 Å². The van der Waals surface area contributed by atoms with Crippen LogP contribution >= 0.6 is 22.9 Å². The van der Waals surface area contributed by atoms with Crippen LogP contribution in [0.15, 0.2) is 54.6 Å². The van der Waals surface area contributed by atoms with Crippen LogP contribution in [0.25, 0.3) is 10.4 Å². The second-order valence-electron chi connectivity index (χ2n) is 7.46. The number of hydrogen-bond acceptors (Lipinski definition) is 5. The number of carbonyl (C=O) groups excluding carboxylic acids is 2. The van der Waals surface area contributed by atoms with Crippen molar-refractivity contribution in [3.63, 3.8) is 0 Å². The van der Waals surface area contributed by atoms with E-state index in [0.29, 0.717) is 22.7 Å². The zero-order valence-electron chi connectivity index (χ0n) is 17.8. The fourth-order valence-corrected chi connectivity index (χ4v) is 4.46. The van der Waals surface area contributed by atoms with Crippen LogP contribution in [0.3, 0.4) is 0 Å². The molecule has 1 heterocycles. The minimum Gasteiger partial charge on any atom is -0.497 e. The van der Waals surface area contributed by atoms with Gasteiger partial charge in [-0.25, -0.2) is 0 Å². The van der Waals surface area contributed by atoms with Crippen molar-refractivity contribution in [3.8, 4) is 16.2 Å². The molecule has 0 spiro atoms. The van der Waals surface area contributed by atoms with Crippen LogP contribution < -0.4 is 4.74 Å². The number of ketones is 1. The summed E-state index contributed by atoms with van der Waals surface area (Å²) < 4.78 is 10.5. The van der Waals surface area contributed by atoms with E-state index in [0.717, 1.165) is 27.3 Å². The van der Waals surface area contributed by atoms with E-state index in [1.54, 1.807) is 19.2 Å². The molecule has 6 heteroatoms. The van der Waals surface area contributed by atoms with Crippen molar-refractivity contribution in [1.82, 2.24) is 0 Å². The highest BCUT2D eigenvalue weighted by atomic mass is 35.5. The number of Topliss-reactive ketones (excluding diaryl/α,β-unsaturated/α-hetero) is 1. The van der Waals surface area contributed by atoms with Crippen molar-refractivity contribution in [2.75, 3.05) is 7.11 Å². The molecule has 31 heavy (non-hydrogen) atoms. The van der Waals surface area contributed by atoms with Gasteiger partial charge < -0.3 is 9.47 Å². The van der Waals surface area contributed by atoms with Gasteiger partial charge >= 0.3 is 5.97 Å². The van der Waals surface area contributed by atoms with E-state index in [1.807, 2.05) is 56.3 Å². The first-order valence-corrected chi connectivity index (χ1v) is 11.3. The third-order valence-corrected chi connectivity index (χ3v) is 6.21. The lowest BCUT2D eigenvalue weighted by atomic mass is 10.0. The maximum Gasteiger partial charge on any atom is 0.310 e. The predicted molar refractivity (Wildman–Crippen MR) is 125 cm³/mol. The molecule has 0 aliphatic heterocycles. The highest BCUT2D eigenvalue weighted by Gasteiger charge is 2.19. The summed E-state index contributed by atoms with van der Waals surface area (Å²) in [4.78, 5) is 26.7. The van der Waals surface area contributed by atoms with E-state index in [9.17, 15) is 9.59 Å². The van der Waals surface area contributed by atoms with Crippen molar-refractivity contribution in [2.45, 2.75) is 39.2 Å². The topological polar surface area (TPSA) is 52.6 Å². The summed E-state index contributed by atoms with van der Waals surface area (Å²) >= 11 is 7.43. The van der Waals surface area contributed by atoms with E-state index < -0.39 is 0 Å². The number of methoxy groups -OCH3 is 1. The summed E-state index contributed by atoms with van der Waals surface area (Å²) in [6.45, 7) is 3.64. The van der Waals surface area contributed by atoms with Crippen LogP contribution in [0.5, 0.6) is 5.75 Å². The molecule has 0 atom stereocenters. The minimum absolute atomic E-state index is 0.0551. The fourth-order valence-electron chi connectivity index (χ4n) is 3.18. The molecule has 0 radical (unpaired) electrons. The van der Waals surface area contributed by atoms with Gasteiger partial charge in [-0.05, 0) is 67.3 Å². The summed E-state index contributed by atoms with van der Waals surface area (Å²) in [6.07, 6.45) is 0.971. The Bertz CT molecular complexity index is 1040. The molecule has 0 bridgehead atoms. The lowest BCUT2D eigenvalue weighted by molar-refractivity contribution is -0.146. The summed E-state index contributed by atoms with van der Waals surface area (Å²) in [7, 11) is 1.63. The largest absolute Gasteiger partial charge is 0.497 e. The molecule has 0 aliphatic rings. The third-order valence-electron chi connectivity index (χ3n) is 4.69. The Balaban J connectivity index is 1.80. The van der Waals surface area contributed by atoms with Gasteiger partial charge in [-0.3, -0.25) is 9.59 Å². The van der Waals surface area contributed by atoms with Crippen LogP contribution in [0.4, 0.5) is 0 Å².